The van der Waals surface area contributed by atoms with E-state index in [2.05, 4.69) is 9.47 Å². The highest BCUT2D eigenvalue weighted by Crippen LogP contribution is 2.25. The fourth-order valence-corrected chi connectivity index (χ4v) is 2.38. The van der Waals surface area contributed by atoms with Crippen LogP contribution in [0.3, 0.4) is 0 Å². The molecular formula is C16H13BCl2O6. The number of rotatable bonds is 6. The van der Waals surface area contributed by atoms with E-state index < -0.39 is 11.9 Å². The van der Waals surface area contributed by atoms with E-state index in [0.29, 0.717) is 11.5 Å². The Bertz CT molecular complexity index is 731. The van der Waals surface area contributed by atoms with Gasteiger partial charge >= 0.3 is 19.6 Å². The van der Waals surface area contributed by atoms with Gasteiger partial charge in [0.25, 0.3) is 0 Å². The molecule has 0 radical (unpaired) electrons. The molecule has 0 saturated heterocycles. The number of esters is 2. The molecule has 2 aromatic rings. The fourth-order valence-electron chi connectivity index (χ4n) is 1.89. The van der Waals surface area contributed by atoms with E-state index in [1.54, 1.807) is 12.1 Å². The molecule has 6 nitrogen and oxygen atoms in total. The SMILES string of the molecule is COC(=O)c1ccc(OBOc2ccc(C(=O)OC)c(Cl)c2)cc1Cl. The molecule has 0 aliphatic rings. The molecule has 0 fully saturated rings. The van der Waals surface area contributed by atoms with Crippen molar-refractivity contribution in [3.8, 4) is 11.5 Å². The van der Waals surface area contributed by atoms with Crippen molar-refractivity contribution >= 4 is 42.8 Å². The molecule has 0 aliphatic carbocycles. The standard InChI is InChI=1S/C16H13BCl2O6/c1-22-15(20)11-5-3-9(7-13(11)18)24-17-25-10-4-6-12(14(19)8-10)16(21)23-2/h3-8,17H,1-2H3. The van der Waals surface area contributed by atoms with Gasteiger partial charge in [-0.3, -0.25) is 0 Å². The molecule has 0 N–H and O–H groups in total. The summed E-state index contributed by atoms with van der Waals surface area (Å²) in [6, 6.07) is 9.07. The topological polar surface area (TPSA) is 71.1 Å². The van der Waals surface area contributed by atoms with Crippen LogP contribution in [0.2, 0.25) is 10.0 Å². The lowest BCUT2D eigenvalue weighted by Crippen LogP contribution is -2.11. The van der Waals surface area contributed by atoms with Crippen molar-refractivity contribution in [2.45, 2.75) is 0 Å². The van der Waals surface area contributed by atoms with Crippen molar-refractivity contribution in [2.75, 3.05) is 14.2 Å². The predicted octanol–water partition coefficient (Wildman–Crippen LogP) is 3.29. The van der Waals surface area contributed by atoms with Gasteiger partial charge in [-0.05, 0) is 36.4 Å². The van der Waals surface area contributed by atoms with E-state index >= 15 is 0 Å². The van der Waals surface area contributed by atoms with Gasteiger partial charge in [0, 0.05) is 0 Å². The zero-order valence-corrected chi connectivity index (χ0v) is 14.9. The molecular weight excluding hydrogens is 370 g/mol. The Hall–Kier alpha value is -2.38. The van der Waals surface area contributed by atoms with Crippen molar-refractivity contribution in [2.24, 2.45) is 0 Å². The first-order chi connectivity index (χ1) is 12.0. The van der Waals surface area contributed by atoms with Crippen molar-refractivity contribution in [3.05, 3.63) is 57.6 Å². The third-order valence-electron chi connectivity index (χ3n) is 3.14. The number of carbonyl (C=O) groups is 2. The highest BCUT2D eigenvalue weighted by Gasteiger charge is 2.13. The predicted molar refractivity (Wildman–Crippen MR) is 94.0 cm³/mol. The lowest BCUT2D eigenvalue weighted by molar-refractivity contribution is 0.0592. The van der Waals surface area contributed by atoms with E-state index in [-0.39, 0.29) is 28.9 Å². The van der Waals surface area contributed by atoms with Crippen LogP contribution < -0.4 is 9.31 Å². The van der Waals surface area contributed by atoms with Gasteiger partial charge in [-0.15, -0.1) is 0 Å². The maximum Gasteiger partial charge on any atom is 0.576 e. The minimum Gasteiger partial charge on any atom is -0.528 e. The molecule has 0 saturated carbocycles. The summed E-state index contributed by atoms with van der Waals surface area (Å²) in [6.07, 6.45) is 0. The van der Waals surface area contributed by atoms with Crippen molar-refractivity contribution < 1.29 is 28.4 Å². The summed E-state index contributed by atoms with van der Waals surface area (Å²) in [7, 11) is 2.42. The first-order valence-electron chi connectivity index (χ1n) is 6.97. The van der Waals surface area contributed by atoms with Crippen molar-refractivity contribution in [3.63, 3.8) is 0 Å². The average Bonchev–Trinajstić information content (AvgIpc) is 2.60. The van der Waals surface area contributed by atoms with Crippen LogP contribution in [0.25, 0.3) is 0 Å². The molecule has 0 aliphatic heterocycles. The van der Waals surface area contributed by atoms with Gasteiger partial charge in [-0.25, -0.2) is 9.59 Å². The summed E-state index contributed by atoms with van der Waals surface area (Å²) in [6.45, 7) is 0. The van der Waals surface area contributed by atoms with E-state index in [9.17, 15) is 9.59 Å². The van der Waals surface area contributed by atoms with Crippen LogP contribution in [0, 0.1) is 0 Å². The Morgan fingerprint density at radius 2 is 1.20 bits per heavy atom. The van der Waals surface area contributed by atoms with Crippen LogP contribution in [0.1, 0.15) is 20.7 Å². The van der Waals surface area contributed by atoms with Crippen LogP contribution in [0.4, 0.5) is 0 Å². The number of benzene rings is 2. The van der Waals surface area contributed by atoms with Gasteiger partial charge in [0.05, 0.1) is 35.4 Å². The zero-order valence-electron chi connectivity index (χ0n) is 13.4. The molecule has 0 aromatic heterocycles. The van der Waals surface area contributed by atoms with Crippen LogP contribution in [-0.2, 0) is 9.47 Å². The molecule has 0 heterocycles. The number of ether oxygens (including phenoxy) is 2. The molecule has 25 heavy (non-hydrogen) atoms. The minimum absolute atomic E-state index is 0.123. The van der Waals surface area contributed by atoms with Crippen molar-refractivity contribution in [1.29, 1.82) is 0 Å². The smallest absolute Gasteiger partial charge is 0.528 e. The van der Waals surface area contributed by atoms with Crippen LogP contribution in [0.5, 0.6) is 11.5 Å². The van der Waals surface area contributed by atoms with E-state index in [4.69, 9.17) is 32.5 Å². The average molecular weight is 383 g/mol. The Labute approximate surface area is 154 Å². The summed E-state index contributed by atoms with van der Waals surface area (Å²) < 4.78 is 20.0. The quantitative estimate of drug-likeness (QED) is 0.563. The number of halogens is 2. The van der Waals surface area contributed by atoms with E-state index in [1.165, 1.54) is 38.5 Å². The third-order valence-corrected chi connectivity index (χ3v) is 3.77. The van der Waals surface area contributed by atoms with Gasteiger partial charge in [-0.2, -0.15) is 0 Å². The first kappa shape index (κ1) is 19.0. The Kier molecular flexibility index (Phi) is 6.55. The number of hydrogen-bond donors (Lipinski definition) is 0. The molecule has 2 aromatic carbocycles. The summed E-state index contributed by atoms with van der Waals surface area (Å²) in [5.74, 6) is -0.244. The van der Waals surface area contributed by atoms with Crippen LogP contribution in [0.15, 0.2) is 36.4 Å². The van der Waals surface area contributed by atoms with Gasteiger partial charge in [0.15, 0.2) is 0 Å². The van der Waals surface area contributed by atoms with Gasteiger partial charge in [-0.1, -0.05) is 23.2 Å². The Morgan fingerprint density at radius 1 is 0.800 bits per heavy atom. The number of carbonyl (C=O) groups excluding carboxylic acids is 2. The lowest BCUT2D eigenvalue weighted by atomic mass is 10.2. The second kappa shape index (κ2) is 8.64. The maximum atomic E-state index is 11.5. The largest absolute Gasteiger partial charge is 0.576 e. The lowest BCUT2D eigenvalue weighted by Gasteiger charge is -2.10. The van der Waals surface area contributed by atoms with Crippen LogP contribution in [-0.4, -0.2) is 33.8 Å². The van der Waals surface area contributed by atoms with Gasteiger partial charge in [0.1, 0.15) is 11.5 Å². The summed E-state index contributed by atoms with van der Waals surface area (Å²) in [5, 5.41) is 0.407. The summed E-state index contributed by atoms with van der Waals surface area (Å²) >= 11 is 12.0. The molecule has 0 bridgehead atoms. The highest BCUT2D eigenvalue weighted by atomic mass is 35.5. The van der Waals surface area contributed by atoms with E-state index in [1.807, 2.05) is 0 Å². The molecule has 9 heteroatoms. The molecule has 0 spiro atoms. The van der Waals surface area contributed by atoms with Crippen molar-refractivity contribution in [1.82, 2.24) is 0 Å². The monoisotopic (exact) mass is 382 g/mol. The van der Waals surface area contributed by atoms with Gasteiger partial charge in [0.2, 0.25) is 0 Å². The molecule has 2 rings (SSSR count). The molecule has 0 amide bonds. The zero-order chi connectivity index (χ0) is 18.4. The maximum absolute atomic E-state index is 11.5. The third kappa shape index (κ3) is 4.81. The molecule has 130 valence electrons. The van der Waals surface area contributed by atoms with Gasteiger partial charge < -0.3 is 18.8 Å². The Balaban J connectivity index is 1.97. The Morgan fingerprint density at radius 3 is 1.52 bits per heavy atom. The van der Waals surface area contributed by atoms with E-state index in [0.717, 1.165) is 0 Å². The summed E-state index contributed by atoms with van der Waals surface area (Å²) in [5.41, 5.74) is 0.477. The number of methoxy groups -OCH3 is 2. The highest BCUT2D eigenvalue weighted by molar-refractivity contribution is 6.34. The molecule has 0 unspecified atom stereocenters. The molecule has 0 atom stereocenters. The summed E-state index contributed by atoms with van der Waals surface area (Å²) in [4.78, 5) is 22.9. The number of hydrogen-bond acceptors (Lipinski definition) is 6. The second-order valence-corrected chi connectivity index (χ2v) is 5.49. The minimum atomic E-state index is -0.534. The normalized spacial score (nSPS) is 9.92. The first-order valence-corrected chi connectivity index (χ1v) is 7.73. The fraction of sp³-hybridized carbons (Fsp3) is 0.125. The van der Waals surface area contributed by atoms with Crippen LogP contribution >= 0.6 is 23.2 Å². The second-order valence-electron chi connectivity index (χ2n) is 4.67.